The van der Waals surface area contributed by atoms with Crippen molar-refractivity contribution in [2.24, 2.45) is 11.3 Å². The second-order valence-electron chi connectivity index (χ2n) is 6.59. The van der Waals surface area contributed by atoms with E-state index in [-0.39, 0.29) is 17.2 Å². The number of likely N-dealkylation sites (tertiary alicyclic amines) is 1. The summed E-state index contributed by atoms with van der Waals surface area (Å²) in [5.41, 5.74) is 0.758. The van der Waals surface area contributed by atoms with Crippen LogP contribution in [0.5, 0.6) is 0 Å². The highest BCUT2D eigenvalue weighted by molar-refractivity contribution is 5.85. The number of hydrogen-bond acceptors (Lipinski definition) is 2. The number of carboxylic acid groups (broad SMARTS) is 1. The molecule has 0 aromatic heterocycles. The molecule has 1 aromatic rings. The van der Waals surface area contributed by atoms with Gasteiger partial charge in [-0.1, -0.05) is 43.7 Å². The van der Waals surface area contributed by atoms with Crippen LogP contribution >= 0.6 is 0 Å². The molecule has 0 bridgehead atoms. The molecule has 4 heteroatoms. The van der Waals surface area contributed by atoms with Gasteiger partial charge in [-0.2, -0.15) is 0 Å². The lowest BCUT2D eigenvalue weighted by molar-refractivity contribution is -0.146. The zero-order valence-electron chi connectivity index (χ0n) is 12.3. The first-order valence-corrected chi connectivity index (χ1v) is 7.58. The van der Waals surface area contributed by atoms with Gasteiger partial charge in [0.15, 0.2) is 0 Å². The van der Waals surface area contributed by atoms with Crippen LogP contribution in [0.1, 0.15) is 37.7 Å². The van der Waals surface area contributed by atoms with E-state index in [4.69, 9.17) is 0 Å². The smallest absolute Gasteiger partial charge is 0.308 e. The third kappa shape index (κ3) is 2.43. The molecule has 1 aliphatic carbocycles. The molecule has 1 saturated carbocycles. The second-order valence-corrected chi connectivity index (χ2v) is 6.59. The molecule has 4 nitrogen and oxygen atoms in total. The minimum Gasteiger partial charge on any atom is -0.481 e. The maximum atomic E-state index is 12.6. The fourth-order valence-electron chi connectivity index (χ4n) is 3.56. The maximum Gasteiger partial charge on any atom is 0.308 e. The summed E-state index contributed by atoms with van der Waals surface area (Å²) in [5.74, 6) is -1.27. The number of nitrogens with zero attached hydrogens (tertiary/aromatic N) is 1. The van der Waals surface area contributed by atoms with E-state index in [1.807, 2.05) is 37.3 Å². The summed E-state index contributed by atoms with van der Waals surface area (Å²) in [7, 11) is 0. The van der Waals surface area contributed by atoms with Gasteiger partial charge in [-0.3, -0.25) is 9.59 Å². The highest BCUT2D eigenvalue weighted by Gasteiger charge is 2.47. The van der Waals surface area contributed by atoms with Crippen molar-refractivity contribution in [2.45, 2.75) is 32.1 Å². The third-order valence-corrected chi connectivity index (χ3v) is 5.13. The van der Waals surface area contributed by atoms with Gasteiger partial charge in [0.2, 0.25) is 5.91 Å². The number of carbonyl (C=O) groups is 2. The third-order valence-electron chi connectivity index (χ3n) is 5.13. The molecule has 2 atom stereocenters. The van der Waals surface area contributed by atoms with Crippen molar-refractivity contribution in [2.75, 3.05) is 13.1 Å². The minimum atomic E-state index is -0.807. The first kappa shape index (κ1) is 14.1. The Morgan fingerprint density at radius 1 is 1.19 bits per heavy atom. The predicted octanol–water partition coefficient (Wildman–Crippen LogP) is 2.50. The molecule has 1 amide bonds. The normalized spacial score (nSPS) is 27.2. The topological polar surface area (TPSA) is 57.6 Å². The molecule has 2 unspecified atom stereocenters. The summed E-state index contributed by atoms with van der Waals surface area (Å²) in [6, 6.07) is 9.68. The molecule has 2 aliphatic rings. The number of benzene rings is 1. The first-order valence-electron chi connectivity index (χ1n) is 7.58. The molecule has 112 valence electrons. The largest absolute Gasteiger partial charge is 0.481 e. The molecule has 0 spiro atoms. The van der Waals surface area contributed by atoms with Gasteiger partial charge >= 0.3 is 5.97 Å². The Hall–Kier alpha value is -1.84. The van der Waals surface area contributed by atoms with Crippen molar-refractivity contribution < 1.29 is 14.7 Å². The molecule has 1 aliphatic heterocycles. The molecule has 21 heavy (non-hydrogen) atoms. The molecule has 2 fully saturated rings. The van der Waals surface area contributed by atoms with Crippen LogP contribution in [-0.2, 0) is 9.59 Å². The van der Waals surface area contributed by atoms with Crippen molar-refractivity contribution in [3.05, 3.63) is 35.9 Å². The summed E-state index contributed by atoms with van der Waals surface area (Å²) in [6.45, 7) is 2.86. The van der Waals surface area contributed by atoms with Gasteiger partial charge in [0.25, 0.3) is 0 Å². The van der Waals surface area contributed by atoms with E-state index < -0.39 is 11.9 Å². The second kappa shape index (κ2) is 5.17. The molecule has 0 radical (unpaired) electrons. The van der Waals surface area contributed by atoms with Crippen molar-refractivity contribution in [1.29, 1.82) is 0 Å². The van der Waals surface area contributed by atoms with E-state index in [1.165, 1.54) is 0 Å². The molecule has 1 saturated heterocycles. The lowest BCUT2D eigenvalue weighted by Gasteiger charge is -2.39. The van der Waals surface area contributed by atoms with Crippen LogP contribution in [0, 0.1) is 11.3 Å². The van der Waals surface area contributed by atoms with E-state index in [1.54, 1.807) is 4.90 Å². The van der Waals surface area contributed by atoms with Gasteiger partial charge in [-0.05, 0) is 18.4 Å². The van der Waals surface area contributed by atoms with Gasteiger partial charge in [0.05, 0.1) is 5.92 Å². The van der Waals surface area contributed by atoms with Crippen LogP contribution in [0.3, 0.4) is 0 Å². The van der Waals surface area contributed by atoms with Crippen LogP contribution in [-0.4, -0.2) is 35.0 Å². The summed E-state index contributed by atoms with van der Waals surface area (Å²) in [6.07, 6.45) is 2.95. The minimum absolute atomic E-state index is 0.101. The van der Waals surface area contributed by atoms with E-state index in [9.17, 15) is 14.7 Å². The van der Waals surface area contributed by atoms with E-state index >= 15 is 0 Å². The zero-order valence-corrected chi connectivity index (χ0v) is 12.3. The van der Waals surface area contributed by atoms with Crippen LogP contribution in [0.15, 0.2) is 30.3 Å². The lowest BCUT2D eigenvalue weighted by atomic mass is 9.69. The highest BCUT2D eigenvalue weighted by Crippen LogP contribution is 2.44. The Bertz CT molecular complexity index is 550. The number of aliphatic carboxylic acids is 1. The van der Waals surface area contributed by atoms with E-state index in [2.05, 4.69) is 0 Å². The van der Waals surface area contributed by atoms with Crippen LogP contribution < -0.4 is 0 Å². The monoisotopic (exact) mass is 287 g/mol. The lowest BCUT2D eigenvalue weighted by Crippen LogP contribution is -2.45. The summed E-state index contributed by atoms with van der Waals surface area (Å²) in [4.78, 5) is 25.9. The van der Waals surface area contributed by atoms with Crippen molar-refractivity contribution in [3.63, 3.8) is 0 Å². The molecule has 1 aromatic carbocycles. The maximum absolute atomic E-state index is 12.6. The van der Waals surface area contributed by atoms with E-state index in [0.29, 0.717) is 13.1 Å². The molecule has 3 rings (SSSR count). The standard InChI is InChI=1S/C17H21NO3/c1-17(8-5-9-17)16(21)18-10-13(14(11-18)15(19)20)12-6-3-2-4-7-12/h2-4,6-7,13-14H,5,8-11H2,1H3,(H,19,20). The zero-order chi connectivity index (χ0) is 15.0. The van der Waals surface area contributed by atoms with Gasteiger partial charge < -0.3 is 10.0 Å². The average molecular weight is 287 g/mol. The molecular formula is C17H21NO3. The first-order chi connectivity index (χ1) is 10.0. The molecule has 1 N–H and O–H groups in total. The van der Waals surface area contributed by atoms with Gasteiger partial charge in [0.1, 0.15) is 0 Å². The average Bonchev–Trinajstić information content (AvgIpc) is 2.90. The Morgan fingerprint density at radius 3 is 2.38 bits per heavy atom. The fourth-order valence-corrected chi connectivity index (χ4v) is 3.56. The predicted molar refractivity (Wildman–Crippen MR) is 78.8 cm³/mol. The van der Waals surface area contributed by atoms with Gasteiger partial charge in [0, 0.05) is 24.4 Å². The SMILES string of the molecule is CC1(C(=O)N2CC(C(=O)O)C(c3ccccc3)C2)CCC1. The molecular weight excluding hydrogens is 266 g/mol. The van der Waals surface area contributed by atoms with Crippen LogP contribution in [0.2, 0.25) is 0 Å². The van der Waals surface area contributed by atoms with E-state index in [0.717, 1.165) is 24.8 Å². The van der Waals surface area contributed by atoms with Crippen LogP contribution in [0.25, 0.3) is 0 Å². The number of rotatable bonds is 3. The summed E-state index contributed by atoms with van der Waals surface area (Å²) >= 11 is 0. The Morgan fingerprint density at radius 2 is 1.86 bits per heavy atom. The Labute approximate surface area is 124 Å². The Balaban J connectivity index is 1.81. The van der Waals surface area contributed by atoms with Crippen molar-refractivity contribution in [3.8, 4) is 0 Å². The van der Waals surface area contributed by atoms with Crippen molar-refractivity contribution >= 4 is 11.9 Å². The number of carboxylic acids is 1. The van der Waals surface area contributed by atoms with Crippen molar-refractivity contribution in [1.82, 2.24) is 4.90 Å². The molecule has 1 heterocycles. The highest BCUT2D eigenvalue weighted by atomic mass is 16.4. The Kier molecular flexibility index (Phi) is 3.47. The van der Waals surface area contributed by atoms with Gasteiger partial charge in [-0.25, -0.2) is 0 Å². The number of hydrogen-bond donors (Lipinski definition) is 1. The quantitative estimate of drug-likeness (QED) is 0.929. The summed E-state index contributed by atoms with van der Waals surface area (Å²) in [5, 5.41) is 9.48. The number of carbonyl (C=O) groups excluding carboxylic acids is 1. The summed E-state index contributed by atoms with van der Waals surface area (Å²) < 4.78 is 0. The fraction of sp³-hybridized carbons (Fsp3) is 0.529. The number of amides is 1. The van der Waals surface area contributed by atoms with Gasteiger partial charge in [-0.15, -0.1) is 0 Å². The van der Waals surface area contributed by atoms with Crippen LogP contribution in [0.4, 0.5) is 0 Å².